The largest absolute Gasteiger partial charge is 0.383 e. The van der Waals surface area contributed by atoms with Crippen LogP contribution < -0.4 is 11.4 Å². The topological polar surface area (TPSA) is 88.6 Å². The fraction of sp³-hybridized carbons (Fsp3) is 0.360. The number of alkyl halides is 1. The van der Waals surface area contributed by atoms with Gasteiger partial charge in [-0.2, -0.15) is 4.98 Å². The molecule has 2 aromatic carbocycles. The van der Waals surface area contributed by atoms with E-state index in [2.05, 4.69) is 4.98 Å². The number of rotatable bonds is 9. The Morgan fingerprint density at radius 3 is 2.30 bits per heavy atom. The summed E-state index contributed by atoms with van der Waals surface area (Å²) < 4.78 is 34.3. The Kier molecular flexibility index (Phi) is 7.17. The van der Waals surface area contributed by atoms with Crippen molar-refractivity contribution in [2.24, 2.45) is 5.92 Å². The maximum Gasteiger partial charge on any atom is 0.351 e. The van der Waals surface area contributed by atoms with E-state index in [1.54, 1.807) is 0 Å². The first-order chi connectivity index (χ1) is 16.0. The van der Waals surface area contributed by atoms with Crippen LogP contribution in [0.15, 0.2) is 77.7 Å². The van der Waals surface area contributed by atoms with Crippen molar-refractivity contribution in [2.75, 3.05) is 19.0 Å². The van der Waals surface area contributed by atoms with Crippen LogP contribution in [-0.4, -0.2) is 34.5 Å². The van der Waals surface area contributed by atoms with Crippen molar-refractivity contribution in [1.82, 2.24) is 9.55 Å². The average molecular weight is 454 g/mol. The van der Waals surface area contributed by atoms with Crippen LogP contribution in [0.3, 0.4) is 0 Å². The molecule has 1 aromatic heterocycles. The molecule has 1 saturated heterocycles. The Balaban J connectivity index is 1.58. The zero-order valence-corrected chi connectivity index (χ0v) is 18.5. The first-order valence-corrected chi connectivity index (χ1v) is 10.9. The molecule has 0 saturated carbocycles. The van der Waals surface area contributed by atoms with E-state index in [0.29, 0.717) is 6.61 Å². The van der Waals surface area contributed by atoms with E-state index in [1.807, 2.05) is 67.6 Å². The summed E-state index contributed by atoms with van der Waals surface area (Å²) in [5.74, 6) is -0.241. The fourth-order valence-corrected chi connectivity index (χ4v) is 4.22. The van der Waals surface area contributed by atoms with Gasteiger partial charge in [-0.3, -0.25) is 4.57 Å². The monoisotopic (exact) mass is 453 g/mol. The molecule has 0 aliphatic carbocycles. The highest BCUT2D eigenvalue weighted by atomic mass is 19.1. The zero-order valence-electron chi connectivity index (χ0n) is 18.5. The number of anilines is 1. The molecule has 1 aliphatic heterocycles. The molecule has 3 aromatic rings. The molecule has 0 bridgehead atoms. The highest BCUT2D eigenvalue weighted by molar-refractivity contribution is 5.23. The summed E-state index contributed by atoms with van der Waals surface area (Å²) >= 11 is 0. The highest BCUT2D eigenvalue weighted by Gasteiger charge is 2.55. The second-order valence-corrected chi connectivity index (χ2v) is 8.30. The van der Waals surface area contributed by atoms with Crippen LogP contribution in [0.25, 0.3) is 0 Å². The van der Waals surface area contributed by atoms with Gasteiger partial charge in [-0.1, -0.05) is 67.6 Å². The summed E-state index contributed by atoms with van der Waals surface area (Å²) in [7, 11) is 0. The van der Waals surface area contributed by atoms with Crippen molar-refractivity contribution in [2.45, 2.75) is 38.1 Å². The van der Waals surface area contributed by atoms with Gasteiger partial charge in [-0.05, 0) is 17.2 Å². The second-order valence-electron chi connectivity index (χ2n) is 8.30. The zero-order chi connectivity index (χ0) is 23.3. The van der Waals surface area contributed by atoms with E-state index in [9.17, 15) is 9.18 Å². The van der Waals surface area contributed by atoms with Crippen LogP contribution in [0, 0.1) is 5.92 Å². The Bertz CT molecular complexity index is 1100. The molecule has 4 rings (SSSR count). The third kappa shape index (κ3) is 5.13. The summed E-state index contributed by atoms with van der Waals surface area (Å²) in [5.41, 5.74) is 5.61. The van der Waals surface area contributed by atoms with Gasteiger partial charge in [0.2, 0.25) is 0 Å². The Hall–Kier alpha value is -3.07. The smallest absolute Gasteiger partial charge is 0.351 e. The van der Waals surface area contributed by atoms with Gasteiger partial charge in [0.15, 0.2) is 0 Å². The van der Waals surface area contributed by atoms with Gasteiger partial charge in [0, 0.05) is 12.1 Å². The number of nitrogens with zero attached hydrogens (tertiary/aromatic N) is 2. The molecule has 0 spiro atoms. The predicted molar refractivity (Wildman–Crippen MR) is 122 cm³/mol. The first-order valence-electron chi connectivity index (χ1n) is 10.9. The SMILES string of the molecule is C[C@@H]1[C@H](n2ccc(N)nc2=O)O[C@](CF)(COCc2ccccc2)[C@H]1OCc1ccccc1. The minimum Gasteiger partial charge on any atom is -0.383 e. The molecule has 2 heterocycles. The molecule has 174 valence electrons. The normalized spacial score (nSPS) is 24.7. The number of nitrogen functional groups attached to an aromatic ring is 1. The number of benzene rings is 2. The van der Waals surface area contributed by atoms with E-state index < -0.39 is 30.3 Å². The van der Waals surface area contributed by atoms with Crippen LogP contribution in [0.1, 0.15) is 24.3 Å². The summed E-state index contributed by atoms with van der Waals surface area (Å²) in [5, 5.41) is 0. The lowest BCUT2D eigenvalue weighted by Crippen LogP contribution is -2.48. The maximum absolute atomic E-state index is 14.7. The number of hydrogen-bond donors (Lipinski definition) is 1. The molecule has 8 heteroatoms. The summed E-state index contributed by atoms with van der Waals surface area (Å²) in [6, 6.07) is 20.8. The van der Waals surface area contributed by atoms with Gasteiger partial charge in [-0.15, -0.1) is 0 Å². The van der Waals surface area contributed by atoms with Crippen molar-refractivity contribution in [3.8, 4) is 0 Å². The van der Waals surface area contributed by atoms with E-state index in [1.165, 1.54) is 16.8 Å². The van der Waals surface area contributed by atoms with Crippen molar-refractivity contribution in [3.63, 3.8) is 0 Å². The molecular weight excluding hydrogens is 425 g/mol. The van der Waals surface area contributed by atoms with Crippen LogP contribution in [0.5, 0.6) is 0 Å². The lowest BCUT2D eigenvalue weighted by molar-refractivity contribution is -0.165. The van der Waals surface area contributed by atoms with Gasteiger partial charge >= 0.3 is 5.69 Å². The number of aromatic nitrogens is 2. The van der Waals surface area contributed by atoms with Crippen LogP contribution >= 0.6 is 0 Å². The second kappa shape index (κ2) is 10.2. The third-order valence-electron chi connectivity index (χ3n) is 5.88. The van der Waals surface area contributed by atoms with Crippen molar-refractivity contribution >= 4 is 5.82 Å². The molecule has 1 aliphatic rings. The van der Waals surface area contributed by atoms with Gasteiger partial charge in [0.25, 0.3) is 0 Å². The lowest BCUT2D eigenvalue weighted by atomic mass is 9.91. The molecule has 0 amide bonds. The molecule has 33 heavy (non-hydrogen) atoms. The molecule has 4 atom stereocenters. The van der Waals surface area contributed by atoms with Crippen molar-refractivity contribution in [1.29, 1.82) is 0 Å². The first kappa shape index (κ1) is 23.1. The van der Waals surface area contributed by atoms with E-state index in [4.69, 9.17) is 19.9 Å². The molecular formula is C25H28FN3O4. The molecule has 2 N–H and O–H groups in total. The van der Waals surface area contributed by atoms with Gasteiger partial charge in [0.1, 0.15) is 24.3 Å². The Labute approximate surface area is 191 Å². The fourth-order valence-electron chi connectivity index (χ4n) is 4.22. The number of halogens is 1. The average Bonchev–Trinajstić information content (AvgIpc) is 3.10. The summed E-state index contributed by atoms with van der Waals surface area (Å²) in [4.78, 5) is 16.3. The predicted octanol–water partition coefficient (Wildman–Crippen LogP) is 3.50. The van der Waals surface area contributed by atoms with Crippen molar-refractivity contribution in [3.05, 3.63) is 94.5 Å². The van der Waals surface area contributed by atoms with Crippen molar-refractivity contribution < 1.29 is 18.6 Å². The number of nitrogens with two attached hydrogens (primary N) is 1. The minimum absolute atomic E-state index is 0.0319. The third-order valence-corrected chi connectivity index (χ3v) is 5.88. The minimum atomic E-state index is -1.38. The quantitative estimate of drug-likeness (QED) is 0.534. The van der Waals surface area contributed by atoms with Gasteiger partial charge in [0.05, 0.1) is 25.9 Å². The molecule has 7 nitrogen and oxygen atoms in total. The molecule has 0 unspecified atom stereocenters. The maximum atomic E-state index is 14.7. The standard InChI is InChI=1S/C25H28FN3O4/c1-18-22(32-15-20-10-6-3-7-11-20)25(16-26,17-31-14-19-8-4-2-5-9-19)33-23(18)29-13-12-21(27)28-24(29)30/h2-13,18,22-23H,14-17H2,1H3,(H2,27,28,30)/t18-,22-,23+,25+/m0/s1. The Morgan fingerprint density at radius 1 is 1.06 bits per heavy atom. The summed E-state index contributed by atoms with van der Waals surface area (Å²) in [6.07, 6.45) is 0.0783. The van der Waals surface area contributed by atoms with E-state index in [-0.39, 0.29) is 24.9 Å². The summed E-state index contributed by atoms with van der Waals surface area (Å²) in [6.45, 7) is 1.59. The van der Waals surface area contributed by atoms with E-state index in [0.717, 1.165) is 11.1 Å². The number of hydrogen-bond acceptors (Lipinski definition) is 6. The van der Waals surface area contributed by atoms with Crippen LogP contribution in [-0.2, 0) is 27.4 Å². The number of ether oxygens (including phenoxy) is 3. The van der Waals surface area contributed by atoms with Crippen LogP contribution in [0.2, 0.25) is 0 Å². The highest BCUT2D eigenvalue weighted by Crippen LogP contribution is 2.43. The lowest BCUT2D eigenvalue weighted by Gasteiger charge is -2.32. The Morgan fingerprint density at radius 2 is 1.70 bits per heavy atom. The van der Waals surface area contributed by atoms with Gasteiger partial charge < -0.3 is 19.9 Å². The molecule has 1 fully saturated rings. The molecule has 0 radical (unpaired) electrons. The van der Waals surface area contributed by atoms with E-state index >= 15 is 0 Å². The van der Waals surface area contributed by atoms with Gasteiger partial charge in [-0.25, -0.2) is 9.18 Å². The van der Waals surface area contributed by atoms with Crippen LogP contribution in [0.4, 0.5) is 10.2 Å².